The van der Waals surface area contributed by atoms with Crippen LogP contribution in [-0.2, 0) is 0 Å². The molecule has 1 aromatic rings. The van der Waals surface area contributed by atoms with Gasteiger partial charge in [-0.1, -0.05) is 27.7 Å². The van der Waals surface area contributed by atoms with E-state index in [2.05, 4.69) is 43.3 Å². The van der Waals surface area contributed by atoms with Crippen molar-refractivity contribution in [1.29, 1.82) is 0 Å². The van der Waals surface area contributed by atoms with Gasteiger partial charge in [0.25, 0.3) is 5.91 Å². The van der Waals surface area contributed by atoms with Gasteiger partial charge in [-0.05, 0) is 37.8 Å². The molecule has 0 spiro atoms. The lowest BCUT2D eigenvalue weighted by atomic mass is 10.1. The maximum Gasteiger partial charge on any atom is 0.251 e. The third-order valence-electron chi connectivity index (χ3n) is 3.24. The molecule has 0 aliphatic rings. The molecule has 0 saturated carbocycles. The minimum Gasteiger partial charge on any atom is -0.370 e. The topological polar surface area (TPSA) is 54.0 Å². The van der Waals surface area contributed by atoms with Crippen molar-refractivity contribution in [2.75, 3.05) is 11.9 Å². The van der Waals surface area contributed by atoms with Gasteiger partial charge in [0.05, 0.1) is 0 Å². The second-order valence-corrected chi connectivity index (χ2v) is 5.53. The highest BCUT2D eigenvalue weighted by Gasteiger charge is 2.13. The van der Waals surface area contributed by atoms with Crippen LogP contribution in [0, 0.1) is 0 Å². The maximum atomic E-state index is 12.2. The molecule has 1 aromatic heterocycles. The monoisotopic (exact) mass is 277 g/mol. The van der Waals surface area contributed by atoms with Crippen LogP contribution in [0.15, 0.2) is 12.1 Å². The van der Waals surface area contributed by atoms with E-state index in [9.17, 15) is 4.79 Å². The normalized spacial score (nSPS) is 12.3. The molecular weight excluding hydrogens is 250 g/mol. The van der Waals surface area contributed by atoms with Crippen LogP contribution in [0.5, 0.6) is 0 Å². The second kappa shape index (κ2) is 7.88. The van der Waals surface area contributed by atoms with Gasteiger partial charge in [0, 0.05) is 23.8 Å². The molecule has 0 aliphatic carbocycles. The molecule has 4 nitrogen and oxygen atoms in total. The molecule has 1 rings (SSSR count). The Balaban J connectivity index is 2.98. The van der Waals surface area contributed by atoms with Gasteiger partial charge >= 0.3 is 0 Å². The summed E-state index contributed by atoms with van der Waals surface area (Å²) in [6, 6.07) is 3.91. The molecule has 2 N–H and O–H groups in total. The van der Waals surface area contributed by atoms with E-state index in [-0.39, 0.29) is 11.9 Å². The van der Waals surface area contributed by atoms with Crippen LogP contribution < -0.4 is 10.6 Å². The van der Waals surface area contributed by atoms with Crippen LogP contribution in [0.1, 0.15) is 69.4 Å². The fourth-order valence-corrected chi connectivity index (χ4v) is 1.73. The van der Waals surface area contributed by atoms with E-state index in [1.54, 1.807) is 0 Å². The molecule has 4 heteroatoms. The van der Waals surface area contributed by atoms with Crippen molar-refractivity contribution in [3.63, 3.8) is 0 Å². The van der Waals surface area contributed by atoms with Gasteiger partial charge in [0.2, 0.25) is 0 Å². The van der Waals surface area contributed by atoms with Crippen molar-refractivity contribution in [1.82, 2.24) is 10.3 Å². The number of anilines is 1. The van der Waals surface area contributed by atoms with Crippen molar-refractivity contribution >= 4 is 11.7 Å². The smallest absolute Gasteiger partial charge is 0.251 e. The van der Waals surface area contributed by atoms with Gasteiger partial charge < -0.3 is 10.6 Å². The van der Waals surface area contributed by atoms with Crippen molar-refractivity contribution < 1.29 is 4.79 Å². The van der Waals surface area contributed by atoms with E-state index in [0.717, 1.165) is 30.9 Å². The van der Waals surface area contributed by atoms with E-state index in [1.807, 2.05) is 19.1 Å². The number of hydrogen-bond donors (Lipinski definition) is 2. The Hall–Kier alpha value is -1.58. The number of hydrogen-bond acceptors (Lipinski definition) is 3. The van der Waals surface area contributed by atoms with Crippen molar-refractivity contribution in [3.8, 4) is 0 Å². The van der Waals surface area contributed by atoms with E-state index in [4.69, 9.17) is 0 Å². The van der Waals surface area contributed by atoms with Crippen molar-refractivity contribution in [2.24, 2.45) is 0 Å². The van der Waals surface area contributed by atoms with Crippen LogP contribution in [0.3, 0.4) is 0 Å². The maximum absolute atomic E-state index is 12.2. The Morgan fingerprint density at radius 2 is 1.95 bits per heavy atom. The average molecular weight is 277 g/mol. The summed E-state index contributed by atoms with van der Waals surface area (Å²) in [6.45, 7) is 11.2. The highest BCUT2D eigenvalue weighted by Crippen LogP contribution is 2.18. The lowest BCUT2D eigenvalue weighted by Crippen LogP contribution is -2.32. The third kappa shape index (κ3) is 4.83. The number of nitrogens with zero attached hydrogens (tertiary/aromatic N) is 1. The molecule has 0 radical (unpaired) electrons. The Morgan fingerprint density at radius 1 is 1.25 bits per heavy atom. The molecular formula is C16H27N3O. The molecule has 1 atom stereocenters. The van der Waals surface area contributed by atoms with E-state index < -0.39 is 0 Å². The van der Waals surface area contributed by atoms with E-state index in [0.29, 0.717) is 11.5 Å². The summed E-state index contributed by atoms with van der Waals surface area (Å²) in [4.78, 5) is 16.8. The van der Waals surface area contributed by atoms with Gasteiger partial charge in [0.1, 0.15) is 5.82 Å². The first-order valence-electron chi connectivity index (χ1n) is 7.54. The summed E-state index contributed by atoms with van der Waals surface area (Å²) in [7, 11) is 0. The summed E-state index contributed by atoms with van der Waals surface area (Å²) in [5, 5.41) is 6.26. The predicted octanol–water partition coefficient (Wildman–Crippen LogP) is 3.56. The number of rotatable bonds is 7. The highest BCUT2D eigenvalue weighted by molar-refractivity contribution is 5.95. The van der Waals surface area contributed by atoms with Gasteiger partial charge in [-0.3, -0.25) is 4.79 Å². The minimum absolute atomic E-state index is 0.0248. The third-order valence-corrected chi connectivity index (χ3v) is 3.24. The van der Waals surface area contributed by atoms with E-state index in [1.165, 1.54) is 0 Å². The Morgan fingerprint density at radius 3 is 2.50 bits per heavy atom. The molecule has 0 saturated heterocycles. The van der Waals surface area contributed by atoms with Crippen LogP contribution in [0.4, 0.5) is 5.82 Å². The molecule has 0 fully saturated rings. The number of pyridine rings is 1. The van der Waals surface area contributed by atoms with Crippen LogP contribution in [0.2, 0.25) is 0 Å². The minimum atomic E-state index is -0.0248. The van der Waals surface area contributed by atoms with Gasteiger partial charge in [-0.15, -0.1) is 0 Å². The van der Waals surface area contributed by atoms with Gasteiger partial charge in [0.15, 0.2) is 0 Å². The standard InChI is InChI=1S/C16H27N3O/c1-6-8-17-15-10-13(9-14(19-15)11(3)4)16(20)18-12(5)7-2/h9-12H,6-8H2,1-5H3,(H,17,19)(H,18,20). The van der Waals surface area contributed by atoms with Crippen molar-refractivity contribution in [3.05, 3.63) is 23.4 Å². The molecule has 0 aromatic carbocycles. The number of amides is 1. The molecule has 0 aliphatic heterocycles. The zero-order valence-electron chi connectivity index (χ0n) is 13.3. The zero-order valence-corrected chi connectivity index (χ0v) is 13.3. The van der Waals surface area contributed by atoms with E-state index >= 15 is 0 Å². The second-order valence-electron chi connectivity index (χ2n) is 5.53. The summed E-state index contributed by atoms with van der Waals surface area (Å²) in [5.74, 6) is 1.06. The zero-order chi connectivity index (χ0) is 15.1. The average Bonchev–Trinajstić information content (AvgIpc) is 2.44. The SMILES string of the molecule is CCCNc1cc(C(=O)NC(C)CC)cc(C(C)C)n1. The number of carbonyl (C=O) groups excluding carboxylic acids is 1. The lowest BCUT2D eigenvalue weighted by molar-refractivity contribution is 0.0939. The quantitative estimate of drug-likeness (QED) is 0.801. The predicted molar refractivity (Wildman–Crippen MR) is 84.3 cm³/mol. The number of carbonyl (C=O) groups is 1. The first-order valence-corrected chi connectivity index (χ1v) is 7.54. The molecule has 1 heterocycles. The van der Waals surface area contributed by atoms with Crippen LogP contribution in [0.25, 0.3) is 0 Å². The summed E-state index contributed by atoms with van der Waals surface area (Å²) in [6.07, 6.45) is 1.96. The Labute approximate surface area is 122 Å². The molecule has 0 bridgehead atoms. The first-order chi connectivity index (χ1) is 9.47. The fraction of sp³-hybridized carbons (Fsp3) is 0.625. The van der Waals surface area contributed by atoms with Crippen LogP contribution >= 0.6 is 0 Å². The molecule has 20 heavy (non-hydrogen) atoms. The summed E-state index contributed by atoms with van der Waals surface area (Å²) in [5.41, 5.74) is 1.63. The molecule has 112 valence electrons. The Kier molecular flexibility index (Phi) is 6.49. The lowest BCUT2D eigenvalue weighted by Gasteiger charge is -2.14. The molecule has 1 amide bonds. The largest absolute Gasteiger partial charge is 0.370 e. The summed E-state index contributed by atoms with van der Waals surface area (Å²) < 4.78 is 0. The van der Waals surface area contributed by atoms with Gasteiger partial charge in [-0.2, -0.15) is 0 Å². The summed E-state index contributed by atoms with van der Waals surface area (Å²) >= 11 is 0. The Bertz CT molecular complexity index is 443. The highest BCUT2D eigenvalue weighted by atomic mass is 16.1. The first kappa shape index (κ1) is 16.5. The van der Waals surface area contributed by atoms with Crippen molar-refractivity contribution in [2.45, 2.75) is 59.4 Å². The fourth-order valence-electron chi connectivity index (χ4n) is 1.73. The number of nitrogens with one attached hydrogen (secondary N) is 2. The number of aromatic nitrogens is 1. The van der Waals surface area contributed by atoms with Crippen LogP contribution in [-0.4, -0.2) is 23.5 Å². The van der Waals surface area contributed by atoms with Gasteiger partial charge in [-0.25, -0.2) is 4.98 Å². The molecule has 1 unspecified atom stereocenters.